The molecule has 2 fully saturated rings. The van der Waals surface area contributed by atoms with Gasteiger partial charge in [0.1, 0.15) is 0 Å². The van der Waals surface area contributed by atoms with Crippen molar-refractivity contribution in [2.45, 2.75) is 57.0 Å². The number of fused-ring (bicyclic) bond motifs is 2. The molecule has 1 aromatic carbocycles. The van der Waals surface area contributed by atoms with E-state index in [2.05, 4.69) is 5.32 Å². The van der Waals surface area contributed by atoms with Gasteiger partial charge in [-0.15, -0.1) is 12.4 Å². The van der Waals surface area contributed by atoms with E-state index in [1.54, 1.807) is 14.2 Å². The predicted molar refractivity (Wildman–Crippen MR) is 105 cm³/mol. The minimum atomic E-state index is 0. The lowest BCUT2D eigenvalue weighted by Gasteiger charge is -2.45. The largest absolute Gasteiger partial charge is 0.493 e. The number of ether oxygens (including phenoxy) is 2. The minimum absolute atomic E-state index is 0. The van der Waals surface area contributed by atoms with Crippen LogP contribution in [-0.2, 0) is 11.2 Å². The summed E-state index contributed by atoms with van der Waals surface area (Å²) in [4.78, 5) is 12.5. The second kappa shape index (κ2) is 9.47. The third kappa shape index (κ3) is 4.83. The third-order valence-corrected chi connectivity index (χ3v) is 5.79. The molecule has 2 aliphatic rings. The van der Waals surface area contributed by atoms with Crippen LogP contribution in [0.3, 0.4) is 0 Å². The average molecular weight is 383 g/mol. The summed E-state index contributed by atoms with van der Waals surface area (Å²) < 4.78 is 10.6. The molecule has 2 unspecified atom stereocenters. The van der Waals surface area contributed by atoms with Crippen LogP contribution in [0, 0.1) is 11.8 Å². The van der Waals surface area contributed by atoms with E-state index in [-0.39, 0.29) is 18.3 Å². The number of carbonyl (C=O) groups is 1. The van der Waals surface area contributed by atoms with Crippen molar-refractivity contribution in [1.82, 2.24) is 5.32 Å². The molecule has 0 heterocycles. The van der Waals surface area contributed by atoms with Crippen molar-refractivity contribution < 1.29 is 14.3 Å². The predicted octanol–water partition coefficient (Wildman–Crippen LogP) is 3.08. The maximum absolute atomic E-state index is 12.5. The Morgan fingerprint density at radius 1 is 1.15 bits per heavy atom. The summed E-state index contributed by atoms with van der Waals surface area (Å²) in [5.41, 5.74) is 7.25. The maximum Gasteiger partial charge on any atom is 0.220 e. The second-order valence-electron chi connectivity index (χ2n) is 7.47. The van der Waals surface area contributed by atoms with Gasteiger partial charge in [0.15, 0.2) is 11.5 Å². The van der Waals surface area contributed by atoms with Crippen molar-refractivity contribution in [3.63, 3.8) is 0 Å². The van der Waals surface area contributed by atoms with Gasteiger partial charge in [0.05, 0.1) is 14.2 Å². The highest BCUT2D eigenvalue weighted by molar-refractivity contribution is 5.85. The number of amides is 1. The third-order valence-electron chi connectivity index (χ3n) is 5.79. The van der Waals surface area contributed by atoms with Gasteiger partial charge in [0.2, 0.25) is 5.91 Å². The van der Waals surface area contributed by atoms with Crippen molar-refractivity contribution in [1.29, 1.82) is 0 Å². The summed E-state index contributed by atoms with van der Waals surface area (Å²) in [5, 5.41) is 3.31. The van der Waals surface area contributed by atoms with Gasteiger partial charge in [0.25, 0.3) is 0 Å². The van der Waals surface area contributed by atoms with E-state index in [1.165, 1.54) is 19.3 Å². The fourth-order valence-corrected chi connectivity index (χ4v) is 4.58. The molecule has 3 rings (SSSR count). The van der Waals surface area contributed by atoms with Crippen molar-refractivity contribution in [2.24, 2.45) is 17.6 Å². The van der Waals surface area contributed by atoms with E-state index in [4.69, 9.17) is 15.2 Å². The van der Waals surface area contributed by atoms with E-state index in [9.17, 15) is 4.79 Å². The van der Waals surface area contributed by atoms with Gasteiger partial charge in [-0.05, 0) is 61.6 Å². The second-order valence-corrected chi connectivity index (χ2v) is 7.47. The van der Waals surface area contributed by atoms with E-state index in [0.29, 0.717) is 48.3 Å². The van der Waals surface area contributed by atoms with E-state index >= 15 is 0 Å². The Labute approximate surface area is 162 Å². The number of nitrogens with two attached hydrogens (primary N) is 1. The van der Waals surface area contributed by atoms with Crippen LogP contribution in [0.2, 0.25) is 0 Å². The van der Waals surface area contributed by atoms with Crippen LogP contribution in [0.5, 0.6) is 11.5 Å². The molecule has 2 atom stereocenters. The molecule has 26 heavy (non-hydrogen) atoms. The molecule has 1 amide bonds. The van der Waals surface area contributed by atoms with E-state index in [1.807, 2.05) is 18.2 Å². The van der Waals surface area contributed by atoms with Crippen molar-refractivity contribution in [3.8, 4) is 11.5 Å². The first-order valence-electron chi connectivity index (χ1n) is 9.36. The normalized spacial score (nSPS) is 27.2. The monoisotopic (exact) mass is 382 g/mol. The summed E-state index contributed by atoms with van der Waals surface area (Å²) >= 11 is 0. The molecule has 0 saturated heterocycles. The Balaban J connectivity index is 0.00000243. The quantitative estimate of drug-likeness (QED) is 0.792. The van der Waals surface area contributed by atoms with Gasteiger partial charge < -0.3 is 20.5 Å². The number of rotatable bonds is 6. The highest BCUT2D eigenvalue weighted by atomic mass is 35.5. The van der Waals surface area contributed by atoms with Crippen LogP contribution in [0.15, 0.2) is 18.2 Å². The number of nitrogens with one attached hydrogen (secondary N) is 1. The lowest BCUT2D eigenvalue weighted by atomic mass is 9.67. The molecule has 6 heteroatoms. The zero-order valence-electron chi connectivity index (χ0n) is 15.7. The summed E-state index contributed by atoms with van der Waals surface area (Å²) in [6.07, 6.45) is 6.98. The van der Waals surface area contributed by atoms with E-state index in [0.717, 1.165) is 18.4 Å². The molecule has 2 aliphatic carbocycles. The van der Waals surface area contributed by atoms with Crippen LogP contribution < -0.4 is 20.5 Å². The molecule has 0 aliphatic heterocycles. The van der Waals surface area contributed by atoms with Gasteiger partial charge >= 0.3 is 0 Å². The number of methoxy groups -OCH3 is 2. The fourth-order valence-electron chi connectivity index (χ4n) is 4.58. The molecule has 0 spiro atoms. The Morgan fingerprint density at radius 2 is 1.81 bits per heavy atom. The molecular weight excluding hydrogens is 352 g/mol. The van der Waals surface area contributed by atoms with Gasteiger partial charge in [-0.25, -0.2) is 0 Å². The van der Waals surface area contributed by atoms with Gasteiger partial charge in [0, 0.05) is 18.5 Å². The topological polar surface area (TPSA) is 73.6 Å². The van der Waals surface area contributed by atoms with Crippen molar-refractivity contribution >= 4 is 18.3 Å². The van der Waals surface area contributed by atoms with Crippen molar-refractivity contribution in [3.05, 3.63) is 23.8 Å². The minimum Gasteiger partial charge on any atom is -0.493 e. The first kappa shape index (κ1) is 20.8. The number of benzene rings is 1. The Bertz CT molecular complexity index is 597. The zero-order valence-corrected chi connectivity index (χ0v) is 16.5. The number of halogens is 1. The maximum atomic E-state index is 12.5. The fraction of sp³-hybridized carbons (Fsp3) is 0.650. The summed E-state index contributed by atoms with van der Waals surface area (Å²) in [6.45, 7) is 0. The number of hydrogen-bond donors (Lipinski definition) is 2. The molecule has 2 bridgehead atoms. The zero-order chi connectivity index (χ0) is 17.8. The lowest BCUT2D eigenvalue weighted by Crippen LogP contribution is -2.53. The van der Waals surface area contributed by atoms with Crippen LogP contribution in [-0.4, -0.2) is 32.2 Å². The van der Waals surface area contributed by atoms with Crippen LogP contribution >= 0.6 is 12.4 Å². The Kier molecular flexibility index (Phi) is 7.59. The number of carbonyl (C=O) groups excluding carboxylic acids is 1. The Morgan fingerprint density at radius 3 is 2.42 bits per heavy atom. The molecule has 1 aromatic rings. The highest BCUT2D eigenvalue weighted by Gasteiger charge is 2.39. The van der Waals surface area contributed by atoms with Crippen LogP contribution in [0.1, 0.15) is 44.1 Å². The SMILES string of the molecule is COc1ccc(CCC(=O)NC2C3CCCC2CC(N)C3)cc1OC.Cl. The first-order chi connectivity index (χ1) is 12.1. The summed E-state index contributed by atoms with van der Waals surface area (Å²) in [7, 11) is 3.25. The molecule has 0 radical (unpaired) electrons. The standard InChI is InChI=1S/C20H30N2O3.ClH/c1-24-17-8-6-13(10-18(17)25-2)7-9-19(23)22-20-14-4-3-5-15(20)12-16(21)11-14;/h6,8,10,14-16,20H,3-5,7,9,11-12,21H2,1-2H3,(H,22,23);1H. The molecular formula is C20H31ClN2O3. The smallest absolute Gasteiger partial charge is 0.220 e. The molecule has 2 saturated carbocycles. The molecule has 0 aromatic heterocycles. The first-order valence-corrected chi connectivity index (χ1v) is 9.36. The van der Waals surface area contributed by atoms with Crippen LogP contribution in [0.25, 0.3) is 0 Å². The number of aryl methyl sites for hydroxylation is 1. The summed E-state index contributed by atoms with van der Waals surface area (Å²) in [5.74, 6) is 2.69. The Hall–Kier alpha value is -1.46. The van der Waals surface area contributed by atoms with Crippen molar-refractivity contribution in [2.75, 3.05) is 14.2 Å². The van der Waals surface area contributed by atoms with Crippen LogP contribution in [0.4, 0.5) is 0 Å². The lowest BCUT2D eigenvalue weighted by molar-refractivity contribution is -0.123. The van der Waals surface area contributed by atoms with Gasteiger partial charge in [-0.1, -0.05) is 12.5 Å². The molecule has 5 nitrogen and oxygen atoms in total. The molecule has 3 N–H and O–H groups in total. The summed E-state index contributed by atoms with van der Waals surface area (Å²) in [6, 6.07) is 6.46. The average Bonchev–Trinajstić information content (AvgIpc) is 2.60. The molecule has 146 valence electrons. The highest BCUT2D eigenvalue weighted by Crippen LogP contribution is 2.39. The van der Waals surface area contributed by atoms with E-state index < -0.39 is 0 Å². The van der Waals surface area contributed by atoms with Gasteiger partial charge in [-0.3, -0.25) is 4.79 Å². The van der Waals surface area contributed by atoms with Gasteiger partial charge in [-0.2, -0.15) is 0 Å². The number of hydrogen-bond acceptors (Lipinski definition) is 4.